The zero-order valence-electron chi connectivity index (χ0n) is 11.4. The lowest BCUT2D eigenvalue weighted by Gasteiger charge is -2.25. The van der Waals surface area contributed by atoms with Gasteiger partial charge in [0.25, 0.3) is 0 Å². The highest BCUT2D eigenvalue weighted by molar-refractivity contribution is 7.12. The summed E-state index contributed by atoms with van der Waals surface area (Å²) in [5.74, 6) is 0. The van der Waals surface area contributed by atoms with Crippen molar-refractivity contribution in [3.05, 3.63) is 21.9 Å². The standard InChI is InChI=1S/C13H21N3O2S/c1-9-3-4-12(19-9)11(7-14)16-6-5-10(8-16)15-13(17)18-2/h3-4,10-11H,5-8,14H2,1-2H3,(H,15,17). The molecule has 2 rings (SSSR count). The first-order valence-electron chi connectivity index (χ1n) is 6.49. The lowest BCUT2D eigenvalue weighted by atomic mass is 10.2. The summed E-state index contributed by atoms with van der Waals surface area (Å²) < 4.78 is 4.63. The summed E-state index contributed by atoms with van der Waals surface area (Å²) in [5, 5.41) is 2.85. The Balaban J connectivity index is 1.96. The van der Waals surface area contributed by atoms with Crippen LogP contribution in [0.3, 0.4) is 0 Å². The molecule has 0 radical (unpaired) electrons. The molecule has 6 heteroatoms. The second-order valence-corrected chi connectivity index (χ2v) is 6.14. The first-order chi connectivity index (χ1) is 9.13. The van der Waals surface area contributed by atoms with Crippen LogP contribution in [0.4, 0.5) is 4.79 Å². The van der Waals surface area contributed by atoms with E-state index in [0.29, 0.717) is 6.54 Å². The zero-order valence-corrected chi connectivity index (χ0v) is 12.2. The third-order valence-electron chi connectivity index (χ3n) is 3.48. The number of amides is 1. The Morgan fingerprint density at radius 3 is 3.05 bits per heavy atom. The molecule has 0 aromatic carbocycles. The smallest absolute Gasteiger partial charge is 0.407 e. The van der Waals surface area contributed by atoms with Gasteiger partial charge >= 0.3 is 6.09 Å². The quantitative estimate of drug-likeness (QED) is 0.878. The van der Waals surface area contributed by atoms with E-state index in [4.69, 9.17) is 5.73 Å². The predicted octanol–water partition coefficient (Wildman–Crippen LogP) is 1.49. The first-order valence-corrected chi connectivity index (χ1v) is 7.30. The van der Waals surface area contributed by atoms with Crippen LogP contribution in [0.2, 0.25) is 0 Å². The SMILES string of the molecule is COC(=O)NC1CCN(C(CN)c2ccc(C)s2)C1. The van der Waals surface area contributed by atoms with Crippen LogP contribution in [0.15, 0.2) is 12.1 Å². The minimum atomic E-state index is -0.358. The van der Waals surface area contributed by atoms with Crippen molar-refractivity contribution in [1.82, 2.24) is 10.2 Å². The lowest BCUT2D eigenvalue weighted by molar-refractivity contribution is 0.165. The fourth-order valence-electron chi connectivity index (χ4n) is 2.49. The number of likely N-dealkylation sites (tertiary alicyclic amines) is 1. The van der Waals surface area contributed by atoms with Gasteiger partial charge in [0.2, 0.25) is 0 Å². The van der Waals surface area contributed by atoms with Crippen molar-refractivity contribution >= 4 is 17.4 Å². The number of methoxy groups -OCH3 is 1. The second-order valence-electron chi connectivity index (χ2n) is 4.82. The number of aryl methyl sites for hydroxylation is 1. The Kier molecular flexibility index (Phi) is 4.79. The van der Waals surface area contributed by atoms with Gasteiger partial charge < -0.3 is 15.8 Å². The number of nitrogens with two attached hydrogens (primary N) is 1. The Morgan fingerprint density at radius 2 is 2.47 bits per heavy atom. The molecule has 106 valence electrons. The van der Waals surface area contributed by atoms with Crippen LogP contribution in [0.5, 0.6) is 0 Å². The summed E-state index contributed by atoms with van der Waals surface area (Å²) in [7, 11) is 1.39. The molecule has 2 atom stereocenters. The molecule has 1 fully saturated rings. The van der Waals surface area contributed by atoms with Gasteiger partial charge in [-0.2, -0.15) is 0 Å². The van der Waals surface area contributed by atoms with Gasteiger partial charge in [0, 0.05) is 35.4 Å². The van der Waals surface area contributed by atoms with E-state index in [-0.39, 0.29) is 18.2 Å². The molecular weight excluding hydrogens is 262 g/mol. The van der Waals surface area contributed by atoms with Crippen LogP contribution in [0.1, 0.15) is 22.2 Å². The van der Waals surface area contributed by atoms with Crippen LogP contribution in [0.25, 0.3) is 0 Å². The molecule has 1 saturated heterocycles. The third-order valence-corrected chi connectivity index (χ3v) is 4.58. The topological polar surface area (TPSA) is 67.6 Å². The molecule has 0 bridgehead atoms. The van der Waals surface area contributed by atoms with E-state index in [1.54, 1.807) is 11.3 Å². The summed E-state index contributed by atoms with van der Waals surface area (Å²) in [6.07, 6.45) is 0.582. The maximum Gasteiger partial charge on any atom is 0.407 e. The maximum atomic E-state index is 11.2. The number of nitrogens with zero attached hydrogens (tertiary/aromatic N) is 1. The molecule has 1 aliphatic heterocycles. The molecule has 1 aliphatic rings. The van der Waals surface area contributed by atoms with Crippen LogP contribution >= 0.6 is 11.3 Å². The fourth-order valence-corrected chi connectivity index (χ4v) is 3.52. The highest BCUT2D eigenvalue weighted by Gasteiger charge is 2.30. The van der Waals surface area contributed by atoms with Gasteiger partial charge in [0.1, 0.15) is 0 Å². The Bertz CT molecular complexity index is 435. The van der Waals surface area contributed by atoms with Crippen LogP contribution in [-0.2, 0) is 4.74 Å². The monoisotopic (exact) mass is 283 g/mol. The normalized spacial score (nSPS) is 21.3. The molecule has 3 N–H and O–H groups in total. The van der Waals surface area contributed by atoms with Crippen molar-refractivity contribution in [2.24, 2.45) is 5.73 Å². The summed E-state index contributed by atoms with van der Waals surface area (Å²) in [6.45, 7) is 4.49. The number of ether oxygens (including phenoxy) is 1. The minimum absolute atomic E-state index is 0.155. The average Bonchev–Trinajstić information content (AvgIpc) is 3.01. The first kappa shape index (κ1) is 14.3. The molecule has 0 spiro atoms. The maximum absolute atomic E-state index is 11.2. The Labute approximate surface area is 117 Å². The number of carbonyl (C=O) groups excluding carboxylic acids is 1. The molecule has 1 amide bonds. The van der Waals surface area contributed by atoms with Gasteiger partial charge in [-0.05, 0) is 25.5 Å². The van der Waals surface area contributed by atoms with E-state index < -0.39 is 0 Å². The van der Waals surface area contributed by atoms with E-state index in [1.165, 1.54) is 16.9 Å². The molecular formula is C13H21N3O2S. The second kappa shape index (κ2) is 6.36. The number of hydrogen-bond acceptors (Lipinski definition) is 5. The molecule has 1 aromatic rings. The molecule has 1 aromatic heterocycles. The van der Waals surface area contributed by atoms with Crippen LogP contribution in [0, 0.1) is 6.92 Å². The average molecular weight is 283 g/mol. The Hall–Kier alpha value is -1.11. The number of alkyl carbamates (subject to hydrolysis) is 1. The van der Waals surface area contributed by atoms with Gasteiger partial charge in [-0.1, -0.05) is 0 Å². The lowest BCUT2D eigenvalue weighted by Crippen LogP contribution is -2.38. The molecule has 5 nitrogen and oxygen atoms in total. The van der Waals surface area contributed by atoms with Gasteiger partial charge in [0.05, 0.1) is 13.2 Å². The zero-order chi connectivity index (χ0) is 13.8. The van der Waals surface area contributed by atoms with Gasteiger partial charge in [-0.3, -0.25) is 4.90 Å². The van der Waals surface area contributed by atoms with Crippen molar-refractivity contribution < 1.29 is 9.53 Å². The van der Waals surface area contributed by atoms with Gasteiger partial charge in [0.15, 0.2) is 0 Å². The number of rotatable bonds is 4. The van der Waals surface area contributed by atoms with Crippen molar-refractivity contribution in [3.8, 4) is 0 Å². The Morgan fingerprint density at radius 1 is 1.68 bits per heavy atom. The summed E-state index contributed by atoms with van der Waals surface area (Å²) in [4.78, 5) is 16.2. The van der Waals surface area contributed by atoms with Gasteiger partial charge in [-0.25, -0.2) is 4.79 Å². The van der Waals surface area contributed by atoms with Crippen molar-refractivity contribution in [2.45, 2.75) is 25.4 Å². The van der Waals surface area contributed by atoms with E-state index in [1.807, 2.05) is 0 Å². The fraction of sp³-hybridized carbons (Fsp3) is 0.615. The molecule has 2 unspecified atom stereocenters. The van der Waals surface area contributed by atoms with E-state index in [0.717, 1.165) is 19.5 Å². The van der Waals surface area contributed by atoms with Crippen LogP contribution in [-0.4, -0.2) is 43.8 Å². The van der Waals surface area contributed by atoms with E-state index >= 15 is 0 Å². The highest BCUT2D eigenvalue weighted by Crippen LogP contribution is 2.29. The van der Waals surface area contributed by atoms with Gasteiger partial charge in [-0.15, -0.1) is 11.3 Å². The van der Waals surface area contributed by atoms with Crippen molar-refractivity contribution in [3.63, 3.8) is 0 Å². The number of carbonyl (C=O) groups is 1. The highest BCUT2D eigenvalue weighted by atomic mass is 32.1. The molecule has 2 heterocycles. The van der Waals surface area contributed by atoms with E-state index in [9.17, 15) is 4.79 Å². The number of nitrogens with one attached hydrogen (secondary N) is 1. The van der Waals surface area contributed by atoms with E-state index in [2.05, 4.69) is 34.0 Å². The summed E-state index contributed by atoms with van der Waals surface area (Å²) >= 11 is 1.79. The summed E-state index contributed by atoms with van der Waals surface area (Å²) in [6, 6.07) is 4.69. The number of hydrogen-bond donors (Lipinski definition) is 2. The number of thiophene rings is 1. The van der Waals surface area contributed by atoms with Crippen LogP contribution < -0.4 is 11.1 Å². The minimum Gasteiger partial charge on any atom is -0.453 e. The predicted molar refractivity (Wildman–Crippen MR) is 76.4 cm³/mol. The van der Waals surface area contributed by atoms with Crippen molar-refractivity contribution in [1.29, 1.82) is 0 Å². The largest absolute Gasteiger partial charge is 0.453 e. The molecule has 0 saturated carbocycles. The third kappa shape index (κ3) is 3.46. The molecule has 0 aliphatic carbocycles. The molecule has 19 heavy (non-hydrogen) atoms. The van der Waals surface area contributed by atoms with Crippen molar-refractivity contribution in [2.75, 3.05) is 26.7 Å². The summed E-state index contributed by atoms with van der Waals surface area (Å²) in [5.41, 5.74) is 5.92.